The first-order chi connectivity index (χ1) is 9.28. The van der Waals surface area contributed by atoms with E-state index in [9.17, 15) is 0 Å². The van der Waals surface area contributed by atoms with Crippen molar-refractivity contribution in [2.24, 2.45) is 0 Å². The van der Waals surface area contributed by atoms with E-state index in [2.05, 4.69) is 11.4 Å². The fourth-order valence-electron chi connectivity index (χ4n) is 2.54. The summed E-state index contributed by atoms with van der Waals surface area (Å²) in [4.78, 5) is 0. The summed E-state index contributed by atoms with van der Waals surface area (Å²) in [5.74, 6) is 1.07. The molecule has 1 aliphatic carbocycles. The van der Waals surface area contributed by atoms with E-state index in [1.165, 1.54) is 5.56 Å². The Kier molecular flexibility index (Phi) is 3.18. The minimum absolute atomic E-state index is 0.246. The van der Waals surface area contributed by atoms with Crippen molar-refractivity contribution >= 4 is 17.3 Å². The van der Waals surface area contributed by atoms with E-state index in [1.54, 1.807) is 18.4 Å². The van der Waals surface area contributed by atoms with Crippen LogP contribution in [0.5, 0.6) is 0 Å². The fourth-order valence-corrected chi connectivity index (χ4v) is 2.70. The number of aryl methyl sites for hydroxylation is 1. The Labute approximate surface area is 116 Å². The Morgan fingerprint density at radius 1 is 1.37 bits per heavy atom. The Balaban J connectivity index is 1.86. The summed E-state index contributed by atoms with van der Waals surface area (Å²) in [5, 5.41) is 12.9. The second-order valence-corrected chi connectivity index (χ2v) is 5.10. The molecule has 1 unspecified atom stereocenters. The van der Waals surface area contributed by atoms with Gasteiger partial charge in [0.15, 0.2) is 0 Å². The lowest BCUT2D eigenvalue weighted by Gasteiger charge is -2.23. The molecule has 0 bridgehead atoms. The summed E-state index contributed by atoms with van der Waals surface area (Å²) in [7, 11) is 0. The van der Waals surface area contributed by atoms with Crippen LogP contribution in [0.4, 0.5) is 5.69 Å². The van der Waals surface area contributed by atoms with Crippen molar-refractivity contribution in [2.75, 3.05) is 5.32 Å². The van der Waals surface area contributed by atoms with Crippen LogP contribution in [0, 0.1) is 11.3 Å². The highest BCUT2D eigenvalue weighted by Gasteiger charge is 2.22. The van der Waals surface area contributed by atoms with Crippen LogP contribution in [-0.4, -0.2) is 0 Å². The number of nitrogens with zero attached hydrogens (tertiary/aromatic N) is 1. The van der Waals surface area contributed by atoms with Gasteiger partial charge >= 0.3 is 0 Å². The Hall–Kier alpha value is -1.92. The van der Waals surface area contributed by atoms with Gasteiger partial charge in [0.1, 0.15) is 11.8 Å². The normalized spacial score (nSPS) is 17.6. The lowest BCUT2D eigenvalue weighted by Crippen LogP contribution is -2.15. The maximum Gasteiger partial charge on any atom is 0.109 e. The zero-order valence-corrected chi connectivity index (χ0v) is 11.1. The number of benzene rings is 1. The fraction of sp³-hybridized carbons (Fsp3) is 0.267. The molecule has 3 rings (SSSR count). The molecular weight excluding hydrogens is 260 g/mol. The molecule has 1 aliphatic rings. The lowest BCUT2D eigenvalue weighted by atomic mass is 9.93. The van der Waals surface area contributed by atoms with Gasteiger partial charge in [-0.15, -0.1) is 0 Å². The van der Waals surface area contributed by atoms with Gasteiger partial charge in [0.2, 0.25) is 0 Å². The van der Waals surface area contributed by atoms with Gasteiger partial charge in [-0.1, -0.05) is 11.6 Å². The summed E-state index contributed by atoms with van der Waals surface area (Å²) in [6.45, 7) is 0. The van der Waals surface area contributed by atoms with Crippen LogP contribution in [0.25, 0.3) is 0 Å². The zero-order chi connectivity index (χ0) is 13.2. The predicted molar refractivity (Wildman–Crippen MR) is 74.2 cm³/mol. The zero-order valence-electron chi connectivity index (χ0n) is 10.3. The summed E-state index contributed by atoms with van der Waals surface area (Å²) in [6, 6.07) is 9.80. The SMILES string of the molecule is N#Cc1cc(NC2CCCc3occc32)ccc1Cl. The molecule has 3 nitrogen and oxygen atoms in total. The minimum atomic E-state index is 0.246. The van der Waals surface area contributed by atoms with Crippen LogP contribution in [0.3, 0.4) is 0 Å². The van der Waals surface area contributed by atoms with Gasteiger partial charge in [-0.3, -0.25) is 0 Å². The number of hydrogen-bond donors (Lipinski definition) is 1. The molecule has 1 aromatic carbocycles. The van der Waals surface area contributed by atoms with Gasteiger partial charge < -0.3 is 9.73 Å². The van der Waals surface area contributed by atoms with Crippen LogP contribution >= 0.6 is 11.6 Å². The average molecular weight is 273 g/mol. The molecule has 1 N–H and O–H groups in total. The first-order valence-electron chi connectivity index (χ1n) is 6.30. The number of fused-ring (bicyclic) bond motifs is 1. The number of rotatable bonds is 2. The first-order valence-corrected chi connectivity index (χ1v) is 6.68. The third kappa shape index (κ3) is 2.32. The number of anilines is 1. The van der Waals surface area contributed by atoms with Crippen molar-refractivity contribution in [3.05, 3.63) is 52.4 Å². The molecule has 4 heteroatoms. The van der Waals surface area contributed by atoms with Crippen molar-refractivity contribution < 1.29 is 4.42 Å². The second-order valence-electron chi connectivity index (χ2n) is 4.69. The maximum absolute atomic E-state index is 9.00. The van der Waals surface area contributed by atoms with E-state index in [4.69, 9.17) is 21.3 Å². The van der Waals surface area contributed by atoms with Gasteiger partial charge in [-0.05, 0) is 37.1 Å². The minimum Gasteiger partial charge on any atom is -0.469 e. The number of furan rings is 1. The highest BCUT2D eigenvalue weighted by atomic mass is 35.5. The molecule has 1 heterocycles. The molecule has 1 atom stereocenters. The van der Waals surface area contributed by atoms with Crippen LogP contribution in [0.1, 0.15) is 35.8 Å². The molecule has 96 valence electrons. The van der Waals surface area contributed by atoms with E-state index in [0.29, 0.717) is 10.6 Å². The third-order valence-corrected chi connectivity index (χ3v) is 3.81. The Morgan fingerprint density at radius 2 is 2.26 bits per heavy atom. The molecule has 0 saturated carbocycles. The lowest BCUT2D eigenvalue weighted by molar-refractivity contribution is 0.461. The van der Waals surface area contributed by atoms with Gasteiger partial charge in [0, 0.05) is 17.7 Å². The largest absolute Gasteiger partial charge is 0.469 e. The van der Waals surface area contributed by atoms with Crippen LogP contribution < -0.4 is 5.32 Å². The number of halogens is 1. The molecule has 0 amide bonds. The van der Waals surface area contributed by atoms with E-state index in [1.807, 2.05) is 12.1 Å². The standard InChI is InChI=1S/C15H13ClN2O/c16-13-5-4-11(8-10(13)9-17)18-14-2-1-3-15-12(14)6-7-19-15/h4-8,14,18H,1-3H2. The summed E-state index contributed by atoms with van der Waals surface area (Å²) < 4.78 is 5.47. The van der Waals surface area contributed by atoms with Gasteiger partial charge in [-0.2, -0.15) is 5.26 Å². The monoisotopic (exact) mass is 272 g/mol. The number of nitrogens with one attached hydrogen (secondary N) is 1. The first kappa shape index (κ1) is 12.1. The maximum atomic E-state index is 9.00. The highest BCUT2D eigenvalue weighted by molar-refractivity contribution is 6.31. The van der Waals surface area contributed by atoms with E-state index in [-0.39, 0.29) is 6.04 Å². The van der Waals surface area contributed by atoms with E-state index < -0.39 is 0 Å². The molecule has 0 spiro atoms. The molecule has 0 saturated heterocycles. The number of nitriles is 1. The number of hydrogen-bond acceptors (Lipinski definition) is 3. The summed E-state index contributed by atoms with van der Waals surface area (Å²) in [6.07, 6.45) is 4.92. The molecule has 0 aliphatic heterocycles. The molecule has 1 aromatic heterocycles. The molecule has 0 fully saturated rings. The van der Waals surface area contributed by atoms with Crippen molar-refractivity contribution in [1.82, 2.24) is 0 Å². The molecular formula is C15H13ClN2O. The van der Waals surface area contributed by atoms with Crippen LogP contribution in [0.2, 0.25) is 5.02 Å². The van der Waals surface area contributed by atoms with Crippen LogP contribution in [0.15, 0.2) is 34.9 Å². The highest BCUT2D eigenvalue weighted by Crippen LogP contribution is 2.33. The average Bonchev–Trinajstić information content (AvgIpc) is 2.90. The smallest absolute Gasteiger partial charge is 0.109 e. The van der Waals surface area contributed by atoms with Crippen LogP contribution in [-0.2, 0) is 6.42 Å². The predicted octanol–water partition coefficient (Wildman–Crippen LogP) is 4.29. The third-order valence-electron chi connectivity index (χ3n) is 3.48. The molecule has 2 aromatic rings. The van der Waals surface area contributed by atoms with Gasteiger partial charge in [0.25, 0.3) is 0 Å². The van der Waals surface area contributed by atoms with Crippen molar-refractivity contribution in [3.8, 4) is 6.07 Å². The summed E-state index contributed by atoms with van der Waals surface area (Å²) >= 11 is 5.94. The summed E-state index contributed by atoms with van der Waals surface area (Å²) in [5.41, 5.74) is 2.63. The Morgan fingerprint density at radius 3 is 3.11 bits per heavy atom. The second kappa shape index (κ2) is 4.99. The molecule has 0 radical (unpaired) electrons. The van der Waals surface area contributed by atoms with Gasteiger partial charge in [0.05, 0.1) is 22.9 Å². The Bertz CT molecular complexity index is 642. The van der Waals surface area contributed by atoms with E-state index >= 15 is 0 Å². The topological polar surface area (TPSA) is 49.0 Å². The quantitative estimate of drug-likeness (QED) is 0.887. The van der Waals surface area contributed by atoms with Crippen molar-refractivity contribution in [1.29, 1.82) is 5.26 Å². The van der Waals surface area contributed by atoms with E-state index in [0.717, 1.165) is 30.7 Å². The van der Waals surface area contributed by atoms with Gasteiger partial charge in [-0.25, -0.2) is 0 Å². The van der Waals surface area contributed by atoms with Crippen molar-refractivity contribution in [3.63, 3.8) is 0 Å². The molecule has 19 heavy (non-hydrogen) atoms. The van der Waals surface area contributed by atoms with Crippen molar-refractivity contribution in [2.45, 2.75) is 25.3 Å².